The summed E-state index contributed by atoms with van der Waals surface area (Å²) >= 11 is 6.25. The van der Waals surface area contributed by atoms with Crippen LogP contribution in [0.1, 0.15) is 90.0 Å². The predicted molar refractivity (Wildman–Crippen MR) is 223 cm³/mol. The van der Waals surface area contributed by atoms with Crippen LogP contribution >= 0.6 is 11.6 Å². The molecule has 1 N–H and O–H groups in total. The molecule has 5 aliphatic rings. The molecule has 0 spiro atoms. The van der Waals surface area contributed by atoms with Gasteiger partial charge in [0.05, 0.1) is 21.7 Å². The highest BCUT2D eigenvalue weighted by Gasteiger charge is 2.64. The van der Waals surface area contributed by atoms with E-state index in [-0.39, 0.29) is 47.6 Å². The van der Waals surface area contributed by atoms with E-state index in [1.54, 1.807) is 30.3 Å². The molecule has 1 unspecified atom stereocenters. The molecule has 13 nitrogen and oxygen atoms in total. The Morgan fingerprint density at radius 3 is 2.07 bits per heavy atom. The van der Waals surface area contributed by atoms with Crippen LogP contribution in [0.5, 0.6) is 5.75 Å². The first-order valence-electron chi connectivity index (χ1n) is 20.4. The molecule has 4 aliphatic heterocycles. The Labute approximate surface area is 349 Å². The predicted octanol–water partition coefficient (Wildman–Crippen LogP) is 5.36. The number of imide groups is 2. The lowest BCUT2D eigenvalue weighted by Gasteiger charge is -2.63. The average molecular weight is 820 g/mol. The number of fused-ring (bicyclic) bond motifs is 1. The fraction of sp³-hybridized carbons (Fsp3) is 0.467. The number of benzene rings is 3. The van der Waals surface area contributed by atoms with Crippen molar-refractivity contribution in [2.75, 3.05) is 56.1 Å². The van der Waals surface area contributed by atoms with Crippen LogP contribution in [0.3, 0.4) is 0 Å². The quantitative estimate of drug-likeness (QED) is 0.295. The summed E-state index contributed by atoms with van der Waals surface area (Å²) in [6.07, 6.45) is 2.02. The molecule has 0 aromatic heterocycles. The lowest BCUT2D eigenvalue weighted by atomic mass is 9.49. The molecule has 14 heteroatoms. The molecule has 1 aliphatic carbocycles. The highest BCUT2D eigenvalue weighted by atomic mass is 35.5. The third-order valence-corrected chi connectivity index (χ3v) is 13.7. The van der Waals surface area contributed by atoms with E-state index in [4.69, 9.17) is 16.3 Å². The Kier molecular flexibility index (Phi) is 10.5. The maximum atomic E-state index is 13.5. The highest BCUT2D eigenvalue weighted by Crippen LogP contribution is 2.55. The molecule has 5 amide bonds. The average Bonchev–Trinajstić information content (AvgIpc) is 3.48. The number of halogens is 1. The summed E-state index contributed by atoms with van der Waals surface area (Å²) in [5.41, 5.74) is 2.87. The third kappa shape index (κ3) is 7.10. The van der Waals surface area contributed by atoms with Crippen LogP contribution in [-0.2, 0) is 9.59 Å². The van der Waals surface area contributed by atoms with Gasteiger partial charge >= 0.3 is 0 Å². The minimum absolute atomic E-state index is 0.112. The maximum absolute atomic E-state index is 13.5. The first kappa shape index (κ1) is 40.3. The van der Waals surface area contributed by atoms with E-state index in [0.29, 0.717) is 39.1 Å². The number of carbonyl (C=O) groups excluding carboxylic acids is 5. The van der Waals surface area contributed by atoms with Crippen molar-refractivity contribution in [1.82, 2.24) is 20.0 Å². The van der Waals surface area contributed by atoms with Crippen molar-refractivity contribution in [2.45, 2.75) is 77.6 Å². The Balaban J connectivity index is 0.812. The summed E-state index contributed by atoms with van der Waals surface area (Å²) in [4.78, 5) is 74.3. The van der Waals surface area contributed by atoms with Crippen molar-refractivity contribution in [3.8, 4) is 11.8 Å². The molecule has 308 valence electrons. The van der Waals surface area contributed by atoms with Crippen LogP contribution in [0.4, 0.5) is 11.4 Å². The summed E-state index contributed by atoms with van der Waals surface area (Å²) in [5, 5.41) is 12.9. The number of piperazine rings is 1. The van der Waals surface area contributed by atoms with E-state index in [9.17, 15) is 29.2 Å². The molecule has 4 heterocycles. The number of likely N-dealkylation sites (tertiary alicyclic amines) is 1. The van der Waals surface area contributed by atoms with Gasteiger partial charge in [0, 0.05) is 98.7 Å². The minimum Gasteiger partial charge on any atom is -0.489 e. The number of nitriles is 1. The fourth-order valence-electron chi connectivity index (χ4n) is 10.3. The van der Waals surface area contributed by atoms with Gasteiger partial charge in [0.2, 0.25) is 5.91 Å². The number of ether oxygens (including phenoxy) is 1. The summed E-state index contributed by atoms with van der Waals surface area (Å²) in [5.74, 6) is -1.32. The summed E-state index contributed by atoms with van der Waals surface area (Å²) in [6.45, 7) is 13.6. The lowest BCUT2D eigenvalue weighted by Crippen LogP contribution is -2.74. The van der Waals surface area contributed by atoms with Crippen molar-refractivity contribution in [1.29, 1.82) is 5.26 Å². The number of hydrogen-bond donors (Lipinski definition) is 1. The highest BCUT2D eigenvalue weighted by molar-refractivity contribution is 6.31. The van der Waals surface area contributed by atoms with Crippen molar-refractivity contribution >= 4 is 52.5 Å². The van der Waals surface area contributed by atoms with E-state index in [2.05, 4.69) is 53.8 Å². The van der Waals surface area contributed by atoms with Crippen molar-refractivity contribution in [3.05, 3.63) is 87.9 Å². The molecule has 59 heavy (non-hydrogen) atoms. The first-order chi connectivity index (χ1) is 28.1. The number of nitrogens with zero attached hydrogens (tertiary/aromatic N) is 6. The second-order valence-corrected chi connectivity index (χ2v) is 18.1. The van der Waals surface area contributed by atoms with Crippen molar-refractivity contribution in [3.63, 3.8) is 0 Å². The van der Waals surface area contributed by atoms with Crippen LogP contribution < -0.4 is 19.9 Å². The monoisotopic (exact) mass is 819 g/mol. The maximum Gasteiger partial charge on any atom is 0.262 e. The van der Waals surface area contributed by atoms with Gasteiger partial charge < -0.3 is 19.9 Å². The van der Waals surface area contributed by atoms with Gasteiger partial charge in [-0.1, -0.05) is 39.3 Å². The number of likely N-dealkylation sites (N-methyl/N-ethyl adjacent to an activating group) is 1. The molecule has 0 bridgehead atoms. The Hall–Kier alpha value is -5.45. The van der Waals surface area contributed by atoms with Gasteiger partial charge in [-0.25, -0.2) is 0 Å². The fourth-order valence-corrected chi connectivity index (χ4v) is 10.5. The van der Waals surface area contributed by atoms with Crippen molar-refractivity contribution < 1.29 is 28.7 Å². The smallest absolute Gasteiger partial charge is 0.262 e. The zero-order chi connectivity index (χ0) is 42.0. The van der Waals surface area contributed by atoms with Gasteiger partial charge in [0.25, 0.3) is 23.6 Å². The molecule has 3 saturated heterocycles. The Bertz CT molecular complexity index is 2240. The topological polar surface area (TPSA) is 147 Å². The number of piperidine rings is 2. The van der Waals surface area contributed by atoms with Crippen LogP contribution in [-0.4, -0.2) is 115 Å². The van der Waals surface area contributed by atoms with Gasteiger partial charge in [0.1, 0.15) is 24.0 Å². The van der Waals surface area contributed by atoms with E-state index in [1.165, 1.54) is 7.05 Å². The Morgan fingerprint density at radius 1 is 0.797 bits per heavy atom. The number of anilines is 2. The number of carbonyl (C=O) groups is 5. The van der Waals surface area contributed by atoms with Gasteiger partial charge in [0.15, 0.2) is 0 Å². The van der Waals surface area contributed by atoms with Crippen LogP contribution in [0, 0.1) is 22.2 Å². The zero-order valence-electron chi connectivity index (χ0n) is 34.2. The standard InChI is InChI=1S/C45H50ClN7O6/c1-44(2)42(45(3,4)43(44)59-32-12-8-28(26-47)35(46)25-32)48-38(55)27-6-9-29(10-7-27)51-20-22-52(23-21-51)30-16-18-50(19-17-30)31-11-13-33-34(24-31)40(57)53(39(33)56)36-14-15-37(54)49(5)41(36)58/h6-13,24-25,30,36,42-43H,14-23H2,1-5H3,(H,48,55)/t36?,42-,43-. The summed E-state index contributed by atoms with van der Waals surface area (Å²) < 4.78 is 6.38. The van der Waals surface area contributed by atoms with Gasteiger partial charge in [-0.05, 0) is 73.9 Å². The molecule has 1 atom stereocenters. The summed E-state index contributed by atoms with van der Waals surface area (Å²) in [6, 6.07) is 19.7. The normalized spacial score (nSPS) is 24.5. The molecule has 4 fully saturated rings. The number of nitrogens with one attached hydrogen (secondary N) is 1. The van der Waals surface area contributed by atoms with Gasteiger partial charge in [-0.15, -0.1) is 0 Å². The number of rotatable bonds is 8. The largest absolute Gasteiger partial charge is 0.489 e. The van der Waals surface area contributed by atoms with E-state index >= 15 is 0 Å². The SMILES string of the molecule is CN1C(=O)CCC(N2C(=O)c3ccc(N4CCC(N5CCN(c6ccc(C(=O)N[C@H]7C(C)(C)[C@H](Oc8ccc(C#N)c(Cl)c8)C7(C)C)cc6)CC5)CC4)cc3C2=O)C1=O. The zero-order valence-corrected chi connectivity index (χ0v) is 34.9. The minimum atomic E-state index is -0.964. The molecule has 0 radical (unpaired) electrons. The van der Waals surface area contributed by atoms with Gasteiger partial charge in [-0.3, -0.25) is 38.7 Å². The lowest BCUT2D eigenvalue weighted by molar-refractivity contribution is -0.164. The van der Waals surface area contributed by atoms with Gasteiger partial charge in [-0.2, -0.15) is 5.26 Å². The van der Waals surface area contributed by atoms with E-state index in [1.807, 2.05) is 30.3 Å². The van der Waals surface area contributed by atoms with E-state index < -0.39 is 23.8 Å². The second kappa shape index (κ2) is 15.3. The molecular weight excluding hydrogens is 770 g/mol. The van der Waals surface area contributed by atoms with Crippen LogP contribution in [0.2, 0.25) is 5.02 Å². The first-order valence-corrected chi connectivity index (χ1v) is 20.8. The van der Waals surface area contributed by atoms with Crippen LogP contribution in [0.15, 0.2) is 60.7 Å². The molecule has 1 saturated carbocycles. The summed E-state index contributed by atoms with van der Waals surface area (Å²) in [7, 11) is 1.39. The van der Waals surface area contributed by atoms with Crippen molar-refractivity contribution in [2.24, 2.45) is 10.8 Å². The molecule has 3 aromatic rings. The molecule has 3 aromatic carbocycles. The van der Waals surface area contributed by atoms with Crippen LogP contribution in [0.25, 0.3) is 0 Å². The second-order valence-electron chi connectivity index (χ2n) is 17.6. The number of hydrogen-bond acceptors (Lipinski definition) is 10. The molecule has 8 rings (SSSR count). The van der Waals surface area contributed by atoms with E-state index in [0.717, 1.165) is 73.3 Å². The Morgan fingerprint density at radius 2 is 1.42 bits per heavy atom. The third-order valence-electron chi connectivity index (χ3n) is 13.4. The number of amides is 5. The molecular formula is C45H50ClN7O6.